The van der Waals surface area contributed by atoms with Crippen molar-refractivity contribution >= 4 is 29.9 Å². The van der Waals surface area contributed by atoms with Gasteiger partial charge in [0.15, 0.2) is 5.96 Å². The molecule has 5 nitrogen and oxygen atoms in total. The average molecular weight is 434 g/mol. The van der Waals surface area contributed by atoms with E-state index in [0.717, 1.165) is 18.1 Å². The third-order valence-corrected chi connectivity index (χ3v) is 3.36. The summed E-state index contributed by atoms with van der Waals surface area (Å²) in [6.07, 6.45) is 2.29. The van der Waals surface area contributed by atoms with Gasteiger partial charge in [0.05, 0.1) is 19.3 Å². The van der Waals surface area contributed by atoms with E-state index in [1.807, 2.05) is 18.2 Å². The summed E-state index contributed by atoms with van der Waals surface area (Å²) in [6, 6.07) is 6.12. The van der Waals surface area contributed by atoms with Crippen molar-refractivity contribution in [1.29, 1.82) is 0 Å². The predicted molar refractivity (Wildman–Crippen MR) is 108 cm³/mol. The lowest BCUT2D eigenvalue weighted by atomic mass is 9.89. The summed E-state index contributed by atoms with van der Waals surface area (Å²) >= 11 is 0. The molecule has 0 spiro atoms. The molecular formula is C17H31IN4O. The molecule has 0 fully saturated rings. The van der Waals surface area contributed by atoms with Crippen molar-refractivity contribution in [1.82, 2.24) is 15.6 Å². The van der Waals surface area contributed by atoms with Gasteiger partial charge in [-0.1, -0.05) is 26.8 Å². The van der Waals surface area contributed by atoms with Gasteiger partial charge in [-0.25, -0.2) is 4.98 Å². The molecule has 0 radical (unpaired) electrons. The van der Waals surface area contributed by atoms with Crippen molar-refractivity contribution in [3.8, 4) is 5.88 Å². The highest BCUT2D eigenvalue weighted by Gasteiger charge is 2.13. The smallest absolute Gasteiger partial charge is 0.213 e. The number of hydrogen-bond acceptors (Lipinski definition) is 3. The predicted octanol–water partition coefficient (Wildman–Crippen LogP) is 3.59. The molecule has 0 aliphatic carbocycles. The van der Waals surface area contributed by atoms with Crippen molar-refractivity contribution in [3.05, 3.63) is 23.9 Å². The lowest BCUT2D eigenvalue weighted by Gasteiger charge is -2.23. The number of pyridine rings is 1. The number of hydrogen-bond donors (Lipinski definition) is 2. The van der Waals surface area contributed by atoms with Crippen LogP contribution in [0.3, 0.4) is 0 Å². The van der Waals surface area contributed by atoms with E-state index in [2.05, 4.69) is 48.3 Å². The molecule has 0 bridgehead atoms. The molecule has 0 aliphatic heterocycles. The number of aromatic nitrogens is 1. The average Bonchev–Trinajstić information content (AvgIpc) is 2.48. The van der Waals surface area contributed by atoms with Crippen LogP contribution in [-0.4, -0.2) is 31.1 Å². The SMILES string of the molecule is CN=C(NCc1cccc(OC)n1)NC(C)CCC(C)(C)C.I. The van der Waals surface area contributed by atoms with Crippen molar-refractivity contribution < 1.29 is 4.74 Å². The normalized spacial score (nSPS) is 13.0. The minimum absolute atomic E-state index is 0. The van der Waals surface area contributed by atoms with Gasteiger partial charge in [0, 0.05) is 19.2 Å². The van der Waals surface area contributed by atoms with Crippen molar-refractivity contribution in [2.75, 3.05) is 14.2 Å². The Kier molecular flexibility index (Phi) is 10.2. The lowest BCUT2D eigenvalue weighted by molar-refractivity contribution is 0.346. The van der Waals surface area contributed by atoms with E-state index < -0.39 is 0 Å². The van der Waals surface area contributed by atoms with Crippen LogP contribution in [-0.2, 0) is 6.54 Å². The highest BCUT2D eigenvalue weighted by atomic mass is 127. The number of rotatable bonds is 6. The first-order valence-corrected chi connectivity index (χ1v) is 7.81. The molecule has 0 aromatic carbocycles. The zero-order valence-corrected chi connectivity index (χ0v) is 17.5. The number of guanidine groups is 1. The maximum Gasteiger partial charge on any atom is 0.213 e. The first-order chi connectivity index (χ1) is 10.3. The van der Waals surface area contributed by atoms with Gasteiger partial charge in [-0.3, -0.25) is 4.99 Å². The maximum atomic E-state index is 5.13. The highest BCUT2D eigenvalue weighted by molar-refractivity contribution is 14.0. The minimum Gasteiger partial charge on any atom is -0.481 e. The fourth-order valence-corrected chi connectivity index (χ4v) is 1.99. The molecule has 1 unspecified atom stereocenters. The molecule has 1 atom stereocenters. The Morgan fingerprint density at radius 2 is 2.04 bits per heavy atom. The third-order valence-electron chi connectivity index (χ3n) is 3.36. The van der Waals surface area contributed by atoms with Gasteiger partial charge >= 0.3 is 0 Å². The number of ether oxygens (including phenoxy) is 1. The van der Waals surface area contributed by atoms with Crippen LogP contribution in [0.1, 0.15) is 46.2 Å². The second-order valence-corrected chi connectivity index (χ2v) is 6.74. The summed E-state index contributed by atoms with van der Waals surface area (Å²) < 4.78 is 5.13. The third kappa shape index (κ3) is 9.63. The van der Waals surface area contributed by atoms with Crippen LogP contribution in [0.5, 0.6) is 5.88 Å². The second-order valence-electron chi connectivity index (χ2n) is 6.74. The molecule has 0 saturated carbocycles. The van der Waals surface area contributed by atoms with Crippen molar-refractivity contribution in [2.24, 2.45) is 10.4 Å². The molecule has 132 valence electrons. The molecule has 0 amide bonds. The van der Waals surface area contributed by atoms with Crippen LogP contribution in [0.15, 0.2) is 23.2 Å². The molecule has 23 heavy (non-hydrogen) atoms. The summed E-state index contributed by atoms with van der Waals surface area (Å²) in [4.78, 5) is 8.64. The van der Waals surface area contributed by atoms with Crippen molar-refractivity contribution in [3.63, 3.8) is 0 Å². The number of halogens is 1. The lowest BCUT2D eigenvalue weighted by Crippen LogP contribution is -2.42. The summed E-state index contributed by atoms with van der Waals surface area (Å²) in [6.45, 7) is 9.59. The maximum absolute atomic E-state index is 5.13. The molecule has 6 heteroatoms. The van der Waals surface area contributed by atoms with Crippen LogP contribution in [0, 0.1) is 5.41 Å². The Bertz CT molecular complexity index is 486. The van der Waals surface area contributed by atoms with E-state index in [1.165, 1.54) is 6.42 Å². The summed E-state index contributed by atoms with van der Waals surface area (Å²) in [5.41, 5.74) is 1.28. The highest BCUT2D eigenvalue weighted by Crippen LogP contribution is 2.21. The standard InChI is InChI=1S/C17H30N4O.HI/c1-13(10-11-17(2,3)4)20-16(18-5)19-12-14-8-7-9-15(21-14)22-6;/h7-9,13H,10-12H2,1-6H3,(H2,18,19,20);1H. The van der Waals surface area contributed by atoms with E-state index in [-0.39, 0.29) is 24.0 Å². The summed E-state index contributed by atoms with van der Waals surface area (Å²) in [5.74, 6) is 1.42. The summed E-state index contributed by atoms with van der Waals surface area (Å²) in [7, 11) is 3.40. The molecular weight excluding hydrogens is 403 g/mol. The largest absolute Gasteiger partial charge is 0.481 e. The van der Waals surface area contributed by atoms with Gasteiger partial charge in [-0.15, -0.1) is 24.0 Å². The Balaban J connectivity index is 0.00000484. The zero-order chi connectivity index (χ0) is 16.6. The van der Waals surface area contributed by atoms with E-state index in [1.54, 1.807) is 14.2 Å². The van der Waals surface area contributed by atoms with Gasteiger partial charge in [0.25, 0.3) is 0 Å². The number of nitrogens with one attached hydrogen (secondary N) is 2. The van der Waals surface area contributed by atoms with Crippen molar-refractivity contribution in [2.45, 2.75) is 53.1 Å². The van der Waals surface area contributed by atoms with E-state index in [9.17, 15) is 0 Å². The Morgan fingerprint density at radius 1 is 1.35 bits per heavy atom. The van der Waals surface area contributed by atoms with Crippen LogP contribution in [0.2, 0.25) is 0 Å². The van der Waals surface area contributed by atoms with Gasteiger partial charge in [0.1, 0.15) is 0 Å². The van der Waals surface area contributed by atoms with Gasteiger partial charge < -0.3 is 15.4 Å². The monoisotopic (exact) mass is 434 g/mol. The van der Waals surface area contributed by atoms with E-state index in [4.69, 9.17) is 4.74 Å². The zero-order valence-electron chi connectivity index (χ0n) is 15.1. The molecule has 1 aromatic rings. The fraction of sp³-hybridized carbons (Fsp3) is 0.647. The van der Waals surface area contributed by atoms with Crippen LogP contribution in [0.25, 0.3) is 0 Å². The quantitative estimate of drug-likeness (QED) is 0.408. The Hall–Kier alpha value is -1.05. The molecule has 1 heterocycles. The van der Waals surface area contributed by atoms with Gasteiger partial charge in [0.2, 0.25) is 5.88 Å². The molecule has 1 rings (SSSR count). The number of methoxy groups -OCH3 is 1. The first-order valence-electron chi connectivity index (χ1n) is 7.81. The first kappa shape index (κ1) is 21.9. The fourth-order valence-electron chi connectivity index (χ4n) is 1.99. The molecule has 2 N–H and O–H groups in total. The number of nitrogens with zero attached hydrogens (tertiary/aromatic N) is 2. The molecule has 1 aromatic heterocycles. The van der Waals surface area contributed by atoms with Crippen LogP contribution in [0.4, 0.5) is 0 Å². The topological polar surface area (TPSA) is 58.5 Å². The minimum atomic E-state index is 0. The van der Waals surface area contributed by atoms with E-state index in [0.29, 0.717) is 23.9 Å². The van der Waals surface area contributed by atoms with E-state index >= 15 is 0 Å². The Labute approximate surface area is 157 Å². The Morgan fingerprint density at radius 3 is 2.61 bits per heavy atom. The second kappa shape index (κ2) is 10.7. The molecule has 0 aliphatic rings. The summed E-state index contributed by atoms with van der Waals surface area (Å²) in [5, 5.41) is 6.70. The number of aliphatic imine (C=N–C) groups is 1. The van der Waals surface area contributed by atoms with Crippen LogP contribution >= 0.6 is 24.0 Å². The van der Waals surface area contributed by atoms with Crippen LogP contribution < -0.4 is 15.4 Å². The van der Waals surface area contributed by atoms with Gasteiger partial charge in [-0.2, -0.15) is 0 Å². The molecule has 0 saturated heterocycles. The van der Waals surface area contributed by atoms with Gasteiger partial charge in [-0.05, 0) is 31.2 Å².